The second-order valence-electron chi connectivity index (χ2n) is 15.5. The fourth-order valence-electron chi connectivity index (χ4n) is 7.07. The molecule has 0 radical (unpaired) electrons. The van der Waals surface area contributed by atoms with Crippen molar-refractivity contribution in [1.82, 2.24) is 5.32 Å². The van der Waals surface area contributed by atoms with Crippen molar-refractivity contribution in [3.63, 3.8) is 0 Å². The van der Waals surface area contributed by atoms with Crippen LogP contribution in [0.1, 0.15) is 182 Å². The monoisotopic (exact) mass is 657 g/mol. The Kier molecular flexibility index (Phi) is 27.7. The maximum atomic E-state index is 12.8. The maximum Gasteiger partial charge on any atom is 0.362 e. The molecular formula is C39H77ClN2O3. The van der Waals surface area contributed by atoms with E-state index in [0.717, 1.165) is 38.6 Å². The van der Waals surface area contributed by atoms with E-state index in [1.165, 1.54) is 116 Å². The highest BCUT2D eigenvalue weighted by atomic mass is 35.5. The molecule has 5 nitrogen and oxygen atoms in total. The lowest BCUT2D eigenvalue weighted by Crippen LogP contribution is -3.00. The summed E-state index contributed by atoms with van der Waals surface area (Å²) < 4.78 is 6.62. The number of unbranched alkanes of at least 4 members (excludes halogenated alkanes) is 18. The van der Waals surface area contributed by atoms with E-state index in [-0.39, 0.29) is 30.4 Å². The van der Waals surface area contributed by atoms with Crippen molar-refractivity contribution in [2.45, 2.75) is 188 Å². The number of quaternary nitrogens is 1. The van der Waals surface area contributed by atoms with E-state index in [4.69, 9.17) is 4.74 Å². The Morgan fingerprint density at radius 1 is 0.733 bits per heavy atom. The second kappa shape index (κ2) is 28.2. The van der Waals surface area contributed by atoms with Crippen LogP contribution in [-0.2, 0) is 14.3 Å². The predicted octanol–water partition coefficient (Wildman–Crippen LogP) is 7.40. The molecule has 0 spiro atoms. The van der Waals surface area contributed by atoms with Gasteiger partial charge < -0.3 is 26.9 Å². The van der Waals surface area contributed by atoms with Crippen LogP contribution in [0.5, 0.6) is 0 Å². The Balaban J connectivity index is 0.0000194. The van der Waals surface area contributed by atoms with Crippen molar-refractivity contribution >= 4 is 11.9 Å². The third-order valence-electron chi connectivity index (χ3n) is 10.1. The lowest BCUT2D eigenvalue weighted by Gasteiger charge is -2.37. The number of hydrogen-bond donors (Lipinski definition) is 1. The second-order valence-corrected chi connectivity index (χ2v) is 15.5. The van der Waals surface area contributed by atoms with Gasteiger partial charge in [0.05, 0.1) is 20.6 Å². The molecule has 1 amide bonds. The van der Waals surface area contributed by atoms with Crippen molar-refractivity contribution < 1.29 is 31.2 Å². The van der Waals surface area contributed by atoms with Gasteiger partial charge >= 0.3 is 5.97 Å². The average Bonchev–Trinajstić information content (AvgIpc) is 2.96. The Morgan fingerprint density at radius 3 is 1.67 bits per heavy atom. The third kappa shape index (κ3) is 25.0. The summed E-state index contributed by atoms with van der Waals surface area (Å²) in [7, 11) is 4.18. The smallest absolute Gasteiger partial charge is 0.362 e. The first-order chi connectivity index (χ1) is 21.1. The zero-order valence-electron chi connectivity index (χ0n) is 31.0. The fraction of sp³-hybridized carbons (Fsp3) is 0.949. The Labute approximate surface area is 287 Å². The van der Waals surface area contributed by atoms with Gasteiger partial charge in [0, 0.05) is 19.4 Å². The maximum absolute atomic E-state index is 12.8. The molecule has 0 heterocycles. The van der Waals surface area contributed by atoms with Crippen molar-refractivity contribution in [2.24, 2.45) is 17.8 Å². The van der Waals surface area contributed by atoms with E-state index in [1.807, 2.05) is 0 Å². The number of ether oxygens (including phenoxy) is 1. The number of amides is 1. The minimum Gasteiger partial charge on any atom is -1.00 e. The number of nitrogens with one attached hydrogen (secondary N) is 1. The van der Waals surface area contributed by atoms with Gasteiger partial charge in [-0.2, -0.15) is 0 Å². The Bertz CT molecular complexity index is 714. The Hall–Kier alpha value is -0.810. The van der Waals surface area contributed by atoms with Crippen molar-refractivity contribution in [3.05, 3.63) is 0 Å². The van der Waals surface area contributed by atoms with Gasteiger partial charge in [-0.15, -0.1) is 0 Å². The van der Waals surface area contributed by atoms with Gasteiger partial charge in [-0.25, -0.2) is 4.79 Å². The van der Waals surface area contributed by atoms with Crippen LogP contribution in [0, 0.1) is 17.8 Å². The molecule has 45 heavy (non-hydrogen) atoms. The van der Waals surface area contributed by atoms with E-state index < -0.39 is 0 Å². The molecule has 1 rings (SSSR count). The molecule has 6 heteroatoms. The molecule has 268 valence electrons. The van der Waals surface area contributed by atoms with E-state index >= 15 is 0 Å². The van der Waals surface area contributed by atoms with Crippen LogP contribution in [0.15, 0.2) is 0 Å². The molecule has 0 aromatic carbocycles. The number of likely N-dealkylation sites (N-methyl/N-ethyl adjacent to an activating group) is 1. The number of hydrogen-bond acceptors (Lipinski definition) is 3. The molecule has 1 saturated carbocycles. The summed E-state index contributed by atoms with van der Waals surface area (Å²) >= 11 is 0. The van der Waals surface area contributed by atoms with Gasteiger partial charge in [-0.05, 0) is 37.0 Å². The first-order valence-electron chi connectivity index (χ1n) is 19.4. The molecule has 1 fully saturated rings. The minimum atomic E-state index is -0.0758. The molecule has 0 aromatic rings. The number of carbonyl (C=O) groups excluding carboxylic acids is 2. The molecule has 0 aliphatic heterocycles. The summed E-state index contributed by atoms with van der Waals surface area (Å²) in [6, 6.07) is 0. The topological polar surface area (TPSA) is 55.4 Å². The van der Waals surface area contributed by atoms with Gasteiger partial charge in [0.25, 0.3) is 0 Å². The van der Waals surface area contributed by atoms with Crippen LogP contribution in [0.4, 0.5) is 0 Å². The highest BCUT2D eigenvalue weighted by Crippen LogP contribution is 2.35. The minimum absolute atomic E-state index is 0. The highest BCUT2D eigenvalue weighted by molar-refractivity contribution is 5.75. The van der Waals surface area contributed by atoms with Gasteiger partial charge in [0.1, 0.15) is 6.10 Å². The zero-order chi connectivity index (χ0) is 32.5. The molecular weight excluding hydrogens is 580 g/mol. The lowest BCUT2D eigenvalue weighted by atomic mass is 9.75. The fourth-order valence-corrected chi connectivity index (χ4v) is 7.07. The standard InChI is InChI=1S/C39H76N2O3.ClH/c1-7-8-9-10-11-12-13-14-15-16-17-18-19-20-21-22-23-24-25-27-38(42)40-30-26-31-41(5,6)33-39(43)44-37-32-35(4)28-29-36(37)34(2)3;/h34-37H,7-33H2,1-6H3;1H/t35-,36+,37-;/m0./s1. The van der Waals surface area contributed by atoms with E-state index in [9.17, 15) is 9.59 Å². The predicted molar refractivity (Wildman–Crippen MR) is 189 cm³/mol. The summed E-state index contributed by atoms with van der Waals surface area (Å²) in [4.78, 5) is 25.1. The first-order valence-corrected chi connectivity index (χ1v) is 19.4. The molecule has 3 atom stereocenters. The summed E-state index contributed by atoms with van der Waals surface area (Å²) in [5.74, 6) is 1.76. The quantitative estimate of drug-likeness (QED) is 0.0543. The SMILES string of the molecule is CCCCCCCCCCCCCCCCCCCCCC(=O)NCCC[N+](C)(C)CC(=O)O[C@H]1C[C@@H](C)CC[C@@H]1C(C)C.[Cl-]. The average molecular weight is 658 g/mol. The molecule has 0 unspecified atom stereocenters. The molecule has 0 bridgehead atoms. The first kappa shape index (κ1) is 44.2. The van der Waals surface area contributed by atoms with Gasteiger partial charge in [-0.3, -0.25) is 4.79 Å². The van der Waals surface area contributed by atoms with Crippen LogP contribution in [0.2, 0.25) is 0 Å². The van der Waals surface area contributed by atoms with E-state index in [1.54, 1.807) is 0 Å². The third-order valence-corrected chi connectivity index (χ3v) is 10.1. The normalized spacial score (nSPS) is 18.5. The van der Waals surface area contributed by atoms with Crippen LogP contribution in [0.25, 0.3) is 0 Å². The zero-order valence-corrected chi connectivity index (χ0v) is 31.7. The Morgan fingerprint density at radius 2 is 1.20 bits per heavy atom. The van der Waals surface area contributed by atoms with Crippen LogP contribution in [0.3, 0.4) is 0 Å². The largest absolute Gasteiger partial charge is 1.00 e. The van der Waals surface area contributed by atoms with Gasteiger partial charge in [-0.1, -0.05) is 150 Å². The number of carbonyl (C=O) groups is 2. The molecule has 1 aliphatic carbocycles. The highest BCUT2D eigenvalue weighted by Gasteiger charge is 2.34. The summed E-state index contributed by atoms with van der Waals surface area (Å²) in [6.07, 6.45) is 31.0. The van der Waals surface area contributed by atoms with E-state index in [0.29, 0.717) is 41.7 Å². The van der Waals surface area contributed by atoms with Crippen molar-refractivity contribution in [2.75, 3.05) is 33.7 Å². The summed E-state index contributed by atoms with van der Waals surface area (Å²) in [5, 5.41) is 3.09. The number of halogens is 1. The summed E-state index contributed by atoms with van der Waals surface area (Å²) in [6.45, 7) is 11.0. The van der Waals surface area contributed by atoms with Crippen LogP contribution >= 0.6 is 0 Å². The molecule has 1 aliphatic rings. The number of nitrogens with zero attached hydrogens (tertiary/aromatic N) is 1. The van der Waals surface area contributed by atoms with Gasteiger partial charge in [0.2, 0.25) is 5.91 Å². The molecule has 1 N–H and O–H groups in total. The molecule has 0 aromatic heterocycles. The lowest BCUT2D eigenvalue weighted by molar-refractivity contribution is -0.883. The number of esters is 1. The van der Waals surface area contributed by atoms with Crippen molar-refractivity contribution in [1.29, 1.82) is 0 Å². The summed E-state index contributed by atoms with van der Waals surface area (Å²) in [5.41, 5.74) is 0. The molecule has 0 saturated heterocycles. The number of rotatable bonds is 28. The van der Waals surface area contributed by atoms with Crippen LogP contribution in [-0.4, -0.2) is 56.2 Å². The van der Waals surface area contributed by atoms with Gasteiger partial charge in [0.15, 0.2) is 6.54 Å². The van der Waals surface area contributed by atoms with Crippen LogP contribution < -0.4 is 17.7 Å². The van der Waals surface area contributed by atoms with Crippen molar-refractivity contribution in [3.8, 4) is 0 Å². The van der Waals surface area contributed by atoms with E-state index in [2.05, 4.69) is 47.1 Å².